The van der Waals surface area contributed by atoms with Crippen molar-refractivity contribution in [1.82, 2.24) is 24.9 Å². The molecule has 112 valence electrons. The van der Waals surface area contributed by atoms with Crippen LogP contribution in [0.15, 0.2) is 18.3 Å². The van der Waals surface area contributed by atoms with Crippen molar-refractivity contribution >= 4 is 12.4 Å². The lowest BCUT2D eigenvalue weighted by Gasteiger charge is -2.06. The number of aryl methyl sites for hydroxylation is 2. The Morgan fingerprint density at radius 3 is 2.55 bits per heavy atom. The van der Waals surface area contributed by atoms with Gasteiger partial charge in [0.25, 0.3) is 0 Å². The lowest BCUT2D eigenvalue weighted by atomic mass is 10.1. The molecule has 2 rings (SSSR count). The van der Waals surface area contributed by atoms with Crippen molar-refractivity contribution in [3.63, 3.8) is 0 Å². The molecule has 0 fully saturated rings. The van der Waals surface area contributed by atoms with Crippen LogP contribution < -0.4 is 5.32 Å². The second kappa shape index (κ2) is 7.45. The summed E-state index contributed by atoms with van der Waals surface area (Å²) in [6.07, 6.45) is 1.85. The van der Waals surface area contributed by atoms with E-state index >= 15 is 0 Å². The summed E-state index contributed by atoms with van der Waals surface area (Å²) in [5.41, 5.74) is 3.58. The first-order valence-corrected chi connectivity index (χ1v) is 6.86. The summed E-state index contributed by atoms with van der Waals surface area (Å²) in [6.45, 7) is 9.00. The van der Waals surface area contributed by atoms with Crippen LogP contribution in [-0.4, -0.2) is 19.6 Å². The van der Waals surface area contributed by atoms with Gasteiger partial charge in [-0.05, 0) is 25.0 Å². The molecular weight excluding hydrogens is 274 g/mol. The molecular formula is C14H24ClN5. The zero-order chi connectivity index (χ0) is 13.8. The number of hydrogen-bond acceptors (Lipinski definition) is 3. The summed E-state index contributed by atoms with van der Waals surface area (Å²) in [4.78, 5) is 0. The lowest BCUT2D eigenvalue weighted by molar-refractivity contribution is 0.566. The fourth-order valence-corrected chi connectivity index (χ4v) is 2.09. The van der Waals surface area contributed by atoms with Crippen molar-refractivity contribution in [2.45, 2.75) is 46.3 Å². The van der Waals surface area contributed by atoms with Gasteiger partial charge in [-0.3, -0.25) is 9.36 Å². The van der Waals surface area contributed by atoms with Crippen molar-refractivity contribution < 1.29 is 0 Å². The fourth-order valence-electron chi connectivity index (χ4n) is 2.09. The molecule has 0 aromatic carbocycles. The minimum Gasteiger partial charge on any atom is -0.306 e. The zero-order valence-electron chi connectivity index (χ0n) is 12.6. The monoisotopic (exact) mass is 297 g/mol. The van der Waals surface area contributed by atoms with Crippen LogP contribution in [0.3, 0.4) is 0 Å². The highest BCUT2D eigenvalue weighted by Gasteiger charge is 2.08. The standard InChI is InChI=1S/C14H23N5.ClH/c1-5-19-12(6-7-16-19)9-15-10-13-8-14(11(2)3)17-18(13)4;/h6-8,11,15H,5,9-10H2,1-4H3;1H. The van der Waals surface area contributed by atoms with E-state index in [2.05, 4.69) is 48.4 Å². The maximum atomic E-state index is 4.52. The van der Waals surface area contributed by atoms with Crippen molar-refractivity contribution in [3.05, 3.63) is 35.4 Å². The van der Waals surface area contributed by atoms with Crippen LogP contribution in [0.25, 0.3) is 0 Å². The number of nitrogens with zero attached hydrogens (tertiary/aromatic N) is 4. The lowest BCUT2D eigenvalue weighted by Crippen LogP contribution is -2.17. The quantitative estimate of drug-likeness (QED) is 0.891. The summed E-state index contributed by atoms with van der Waals surface area (Å²) < 4.78 is 3.97. The summed E-state index contributed by atoms with van der Waals surface area (Å²) >= 11 is 0. The van der Waals surface area contributed by atoms with Gasteiger partial charge in [0.1, 0.15) is 0 Å². The minimum atomic E-state index is 0. The average molecular weight is 298 g/mol. The second-order valence-corrected chi connectivity index (χ2v) is 5.08. The molecule has 0 aliphatic rings. The highest BCUT2D eigenvalue weighted by atomic mass is 35.5. The molecule has 1 N–H and O–H groups in total. The fraction of sp³-hybridized carbons (Fsp3) is 0.571. The van der Waals surface area contributed by atoms with Gasteiger partial charge in [0.15, 0.2) is 0 Å². The molecule has 0 saturated heterocycles. The van der Waals surface area contributed by atoms with Gasteiger partial charge in [0.2, 0.25) is 0 Å². The molecule has 0 bridgehead atoms. The molecule has 2 aromatic rings. The van der Waals surface area contributed by atoms with Gasteiger partial charge in [0, 0.05) is 32.9 Å². The van der Waals surface area contributed by atoms with E-state index in [0.717, 1.165) is 25.3 Å². The predicted molar refractivity (Wildman–Crippen MR) is 83.0 cm³/mol. The Hall–Kier alpha value is -1.33. The van der Waals surface area contributed by atoms with E-state index in [1.165, 1.54) is 11.4 Å². The smallest absolute Gasteiger partial charge is 0.0653 e. The highest BCUT2D eigenvalue weighted by Crippen LogP contribution is 2.13. The normalized spacial score (nSPS) is 10.8. The van der Waals surface area contributed by atoms with Crippen molar-refractivity contribution in [3.8, 4) is 0 Å². The van der Waals surface area contributed by atoms with Crippen LogP contribution in [-0.2, 0) is 26.7 Å². The average Bonchev–Trinajstić information content (AvgIpc) is 2.96. The number of halogens is 1. The van der Waals surface area contributed by atoms with Crippen molar-refractivity contribution in [2.24, 2.45) is 7.05 Å². The largest absolute Gasteiger partial charge is 0.306 e. The minimum absolute atomic E-state index is 0. The third-order valence-corrected chi connectivity index (χ3v) is 3.30. The second-order valence-electron chi connectivity index (χ2n) is 5.08. The molecule has 2 aromatic heterocycles. The van der Waals surface area contributed by atoms with E-state index in [9.17, 15) is 0 Å². The van der Waals surface area contributed by atoms with Crippen LogP contribution in [0.4, 0.5) is 0 Å². The molecule has 0 atom stereocenters. The Labute approximate surface area is 126 Å². The predicted octanol–water partition coefficient (Wildman–Crippen LogP) is 2.47. The SMILES string of the molecule is CCn1nccc1CNCc1cc(C(C)C)nn1C.Cl. The van der Waals surface area contributed by atoms with Gasteiger partial charge < -0.3 is 5.32 Å². The molecule has 0 radical (unpaired) electrons. The van der Waals surface area contributed by atoms with Crippen molar-refractivity contribution in [2.75, 3.05) is 0 Å². The summed E-state index contributed by atoms with van der Waals surface area (Å²) in [6, 6.07) is 4.23. The van der Waals surface area contributed by atoms with Gasteiger partial charge in [0.05, 0.1) is 17.1 Å². The Morgan fingerprint density at radius 1 is 1.25 bits per heavy atom. The Morgan fingerprint density at radius 2 is 1.95 bits per heavy atom. The Kier molecular flexibility index (Phi) is 6.23. The molecule has 20 heavy (non-hydrogen) atoms. The van der Waals surface area contributed by atoms with E-state index in [1.807, 2.05) is 22.6 Å². The molecule has 5 nitrogen and oxygen atoms in total. The number of hydrogen-bond donors (Lipinski definition) is 1. The van der Waals surface area contributed by atoms with Gasteiger partial charge in [-0.2, -0.15) is 10.2 Å². The Balaban J connectivity index is 0.00000200. The van der Waals surface area contributed by atoms with Gasteiger partial charge in [-0.1, -0.05) is 13.8 Å². The van der Waals surface area contributed by atoms with Crippen LogP contribution in [0.1, 0.15) is 43.8 Å². The topological polar surface area (TPSA) is 47.7 Å². The molecule has 0 aliphatic heterocycles. The van der Waals surface area contributed by atoms with Crippen LogP contribution >= 0.6 is 12.4 Å². The van der Waals surface area contributed by atoms with Crippen LogP contribution in [0.5, 0.6) is 0 Å². The Bertz CT molecular complexity index is 529. The molecule has 0 aliphatic carbocycles. The molecule has 0 unspecified atom stereocenters. The first-order chi connectivity index (χ1) is 9.11. The molecule has 0 spiro atoms. The summed E-state index contributed by atoms with van der Waals surface area (Å²) in [5.74, 6) is 0.474. The van der Waals surface area contributed by atoms with Crippen LogP contribution in [0, 0.1) is 0 Å². The van der Waals surface area contributed by atoms with E-state index in [0.29, 0.717) is 5.92 Å². The molecule has 0 saturated carbocycles. The first-order valence-electron chi connectivity index (χ1n) is 6.86. The highest BCUT2D eigenvalue weighted by molar-refractivity contribution is 5.85. The summed E-state index contributed by atoms with van der Waals surface area (Å²) in [5, 5.41) is 12.2. The molecule has 0 amide bonds. The van der Waals surface area contributed by atoms with Crippen molar-refractivity contribution in [1.29, 1.82) is 0 Å². The van der Waals surface area contributed by atoms with Gasteiger partial charge in [-0.15, -0.1) is 12.4 Å². The van der Waals surface area contributed by atoms with E-state index in [1.54, 1.807) is 0 Å². The molecule has 2 heterocycles. The third kappa shape index (κ3) is 3.84. The van der Waals surface area contributed by atoms with E-state index in [-0.39, 0.29) is 12.4 Å². The van der Waals surface area contributed by atoms with Crippen LogP contribution in [0.2, 0.25) is 0 Å². The summed E-state index contributed by atoms with van der Waals surface area (Å²) in [7, 11) is 2.00. The number of aromatic nitrogens is 4. The van der Waals surface area contributed by atoms with Gasteiger partial charge in [-0.25, -0.2) is 0 Å². The zero-order valence-corrected chi connectivity index (χ0v) is 13.4. The van der Waals surface area contributed by atoms with E-state index in [4.69, 9.17) is 0 Å². The maximum absolute atomic E-state index is 4.52. The van der Waals surface area contributed by atoms with E-state index < -0.39 is 0 Å². The number of rotatable bonds is 6. The third-order valence-electron chi connectivity index (χ3n) is 3.30. The number of nitrogens with one attached hydrogen (secondary N) is 1. The maximum Gasteiger partial charge on any atom is 0.0653 e. The molecule has 6 heteroatoms. The first kappa shape index (κ1) is 16.7. The van der Waals surface area contributed by atoms with Gasteiger partial charge >= 0.3 is 0 Å².